The van der Waals surface area contributed by atoms with Gasteiger partial charge in [0.25, 0.3) is 0 Å². The maximum atomic E-state index is 13.2. The molecule has 2 aromatic rings. The summed E-state index contributed by atoms with van der Waals surface area (Å²) < 4.78 is 25.0. The Morgan fingerprint density at radius 1 is 0.960 bits per heavy atom. The zero-order valence-corrected chi connectivity index (χ0v) is 28.3. The molecule has 1 unspecified atom stereocenters. The van der Waals surface area contributed by atoms with Crippen LogP contribution in [0.2, 0.25) is 0 Å². The smallest absolute Gasteiger partial charge is 0.343 e. The molecule has 2 N–H and O–H groups in total. The van der Waals surface area contributed by atoms with Gasteiger partial charge in [-0.2, -0.15) is 0 Å². The van der Waals surface area contributed by atoms with Gasteiger partial charge in [0.15, 0.2) is 13.1 Å². The minimum atomic E-state index is -1.40. The fraction of sp³-hybridized carbons (Fsp3) is 0.543. The Hall–Kier alpha value is -4.76. The van der Waals surface area contributed by atoms with Crippen molar-refractivity contribution in [2.24, 2.45) is 5.92 Å². The number of likely N-dealkylation sites (tertiary alicyclic amines) is 1. The third-order valence-corrected chi connectivity index (χ3v) is 9.11. The predicted molar refractivity (Wildman–Crippen MR) is 177 cm³/mol. The fourth-order valence-corrected chi connectivity index (χ4v) is 6.60. The van der Waals surface area contributed by atoms with Crippen molar-refractivity contribution in [1.82, 2.24) is 10.2 Å². The summed E-state index contributed by atoms with van der Waals surface area (Å²) in [6, 6.07) is 2.67. The number of nitrogens with one attached hydrogen (secondary N) is 1. The lowest BCUT2D eigenvalue weighted by Crippen LogP contribution is -2.48. The van der Waals surface area contributed by atoms with Crippen molar-refractivity contribution in [2.45, 2.75) is 77.5 Å². The molecule has 15 nitrogen and oxygen atoms in total. The van der Waals surface area contributed by atoms with Crippen LogP contribution < -0.4 is 15.8 Å². The largest absolute Gasteiger partial charge is 0.439 e. The maximum Gasteiger partial charge on any atom is 0.343 e. The monoisotopic (exact) mass is 697 g/mol. The van der Waals surface area contributed by atoms with Gasteiger partial charge in [0.05, 0.1) is 5.56 Å². The molecule has 3 aliphatic heterocycles. The van der Waals surface area contributed by atoms with Gasteiger partial charge in [0, 0.05) is 75.1 Å². The Balaban J connectivity index is 1.16. The average molecular weight is 698 g/mol. The number of benzene rings is 1. The van der Waals surface area contributed by atoms with Crippen LogP contribution in [0.5, 0.6) is 0 Å². The molecule has 1 fully saturated rings. The molecule has 0 saturated carbocycles. The molecule has 50 heavy (non-hydrogen) atoms. The number of hydrogen-bond acceptors (Lipinski definition) is 13. The van der Waals surface area contributed by atoms with Gasteiger partial charge < -0.3 is 43.6 Å². The Morgan fingerprint density at radius 2 is 1.66 bits per heavy atom. The predicted octanol–water partition coefficient (Wildman–Crippen LogP) is 1.93. The van der Waals surface area contributed by atoms with E-state index in [1.807, 2.05) is 0 Å². The maximum absolute atomic E-state index is 13.2. The molecular weight excluding hydrogens is 654 g/mol. The van der Waals surface area contributed by atoms with Gasteiger partial charge in [-0.25, -0.2) is 9.59 Å². The molecular formula is C35H43N3O12. The molecule has 270 valence electrons. The number of carbonyl (C=O) groups is 5. The normalized spacial score (nSPS) is 17.2. The second-order valence-electron chi connectivity index (χ2n) is 12.6. The van der Waals surface area contributed by atoms with Crippen molar-refractivity contribution in [3.8, 4) is 0 Å². The number of carbonyl (C=O) groups excluding carboxylic acids is 5. The van der Waals surface area contributed by atoms with Crippen LogP contribution in [-0.2, 0) is 55.8 Å². The van der Waals surface area contributed by atoms with Gasteiger partial charge in [0.2, 0.25) is 18.6 Å². The number of esters is 3. The van der Waals surface area contributed by atoms with E-state index in [9.17, 15) is 33.9 Å². The van der Waals surface area contributed by atoms with Crippen LogP contribution in [0.1, 0.15) is 69.1 Å². The number of aliphatic hydroxyl groups is 1. The molecule has 0 spiro atoms. The number of rotatable bonds is 13. The molecule has 4 heterocycles. The first-order chi connectivity index (χ1) is 24.0. The SMILES string of the molecule is CC(=O)OCOC(=O)[C@H](CCC(O)OCOC(C)=O)NC(=O)C1CCN(C(=O)/C=C/c2cc3cc4c5c(c3oc2=O)CCCN5CCC4)CC1. The number of nitrogens with zero attached hydrogens (tertiary/aromatic N) is 2. The van der Waals surface area contributed by atoms with Crippen molar-refractivity contribution in [1.29, 1.82) is 0 Å². The number of amides is 2. The number of hydrogen-bond donors (Lipinski definition) is 2. The zero-order chi connectivity index (χ0) is 35.8. The minimum absolute atomic E-state index is 0.0982. The van der Waals surface area contributed by atoms with E-state index in [1.165, 1.54) is 30.3 Å². The van der Waals surface area contributed by atoms with E-state index in [0.29, 0.717) is 18.4 Å². The third-order valence-electron chi connectivity index (χ3n) is 9.11. The van der Waals surface area contributed by atoms with Crippen molar-refractivity contribution < 1.29 is 52.4 Å². The van der Waals surface area contributed by atoms with Gasteiger partial charge in [0.1, 0.15) is 11.6 Å². The first kappa shape index (κ1) is 36.5. The molecule has 3 aliphatic rings. The summed E-state index contributed by atoms with van der Waals surface area (Å²) in [5.41, 5.74) is 3.96. The van der Waals surface area contributed by atoms with Gasteiger partial charge in [-0.3, -0.25) is 19.2 Å². The topological polar surface area (TPSA) is 191 Å². The Morgan fingerprint density at radius 3 is 2.38 bits per heavy atom. The Bertz CT molecular complexity index is 1690. The summed E-state index contributed by atoms with van der Waals surface area (Å²) in [4.78, 5) is 77.8. The van der Waals surface area contributed by atoms with E-state index in [0.717, 1.165) is 56.6 Å². The second-order valence-corrected chi connectivity index (χ2v) is 12.6. The van der Waals surface area contributed by atoms with E-state index in [2.05, 4.69) is 25.8 Å². The standard InChI is InChI=1S/C35H43N3O12/c1-21(39)46-19-48-30(42)10-8-28(35(45)49-20-47-22(2)40)36-33(43)23-11-15-37(16-12-23)29(41)9-7-25-18-26-17-24-5-3-13-38-14-4-6-27(31(24)38)32(26)50-34(25)44/h7,9,17-18,23,28,30,42H,3-6,8,10-16,19-20H2,1-2H3,(H,36,43)/b9-7+/t28-,30?/m0/s1. The molecule has 0 bridgehead atoms. The molecule has 1 aromatic heterocycles. The van der Waals surface area contributed by atoms with E-state index < -0.39 is 61.3 Å². The van der Waals surface area contributed by atoms with Crippen molar-refractivity contribution in [3.05, 3.63) is 45.3 Å². The van der Waals surface area contributed by atoms with Crippen molar-refractivity contribution >= 4 is 52.5 Å². The number of anilines is 1. The third kappa shape index (κ3) is 9.27. The molecule has 1 aromatic carbocycles. The summed E-state index contributed by atoms with van der Waals surface area (Å²) in [6.07, 6.45) is 5.75. The number of ether oxygens (including phenoxy) is 4. The quantitative estimate of drug-likeness (QED) is 0.134. The van der Waals surface area contributed by atoms with Crippen LogP contribution in [-0.4, -0.2) is 91.8 Å². The van der Waals surface area contributed by atoms with Gasteiger partial charge >= 0.3 is 23.5 Å². The summed E-state index contributed by atoms with van der Waals surface area (Å²) in [6.45, 7) is 3.74. The van der Waals surface area contributed by atoms with E-state index >= 15 is 0 Å². The molecule has 0 aliphatic carbocycles. The zero-order valence-electron chi connectivity index (χ0n) is 28.3. The number of piperidine rings is 1. The summed E-state index contributed by atoms with van der Waals surface area (Å²) in [5.74, 6) is -3.43. The molecule has 0 radical (unpaired) electrons. The Kier molecular flexibility index (Phi) is 12.2. The van der Waals surface area contributed by atoms with Crippen LogP contribution in [0.25, 0.3) is 17.0 Å². The molecule has 5 rings (SSSR count). The highest BCUT2D eigenvalue weighted by Crippen LogP contribution is 2.39. The van der Waals surface area contributed by atoms with Crippen molar-refractivity contribution in [2.75, 3.05) is 44.7 Å². The lowest BCUT2D eigenvalue weighted by molar-refractivity contribution is -0.184. The van der Waals surface area contributed by atoms with E-state index in [1.54, 1.807) is 11.0 Å². The van der Waals surface area contributed by atoms with Gasteiger partial charge in [-0.15, -0.1) is 0 Å². The fourth-order valence-electron chi connectivity index (χ4n) is 6.60. The van der Waals surface area contributed by atoms with Crippen LogP contribution in [0, 0.1) is 5.92 Å². The summed E-state index contributed by atoms with van der Waals surface area (Å²) in [5, 5.41) is 13.5. The number of aliphatic hydroxyl groups excluding tert-OH is 1. The van der Waals surface area contributed by atoms with Crippen LogP contribution in [0.3, 0.4) is 0 Å². The molecule has 1 saturated heterocycles. The average Bonchev–Trinajstić information content (AvgIpc) is 3.09. The highest BCUT2D eigenvalue weighted by Gasteiger charge is 2.31. The first-order valence-corrected chi connectivity index (χ1v) is 16.9. The number of aryl methyl sites for hydroxylation is 2. The van der Waals surface area contributed by atoms with Crippen LogP contribution in [0.15, 0.2) is 27.4 Å². The van der Waals surface area contributed by atoms with Gasteiger partial charge in [-0.05, 0) is 68.7 Å². The molecule has 2 amide bonds. The second kappa shape index (κ2) is 16.8. The summed E-state index contributed by atoms with van der Waals surface area (Å²) in [7, 11) is 0. The minimum Gasteiger partial charge on any atom is -0.439 e. The Labute approximate surface area is 288 Å². The highest BCUT2D eigenvalue weighted by molar-refractivity contribution is 5.94. The molecule has 2 atom stereocenters. The number of fused-ring (bicyclic) bond motifs is 2. The van der Waals surface area contributed by atoms with E-state index in [4.69, 9.17) is 13.9 Å². The summed E-state index contributed by atoms with van der Waals surface area (Å²) >= 11 is 0. The molecule has 15 heteroatoms. The van der Waals surface area contributed by atoms with Crippen molar-refractivity contribution in [3.63, 3.8) is 0 Å². The van der Waals surface area contributed by atoms with Crippen LogP contribution in [0.4, 0.5) is 5.69 Å². The van der Waals surface area contributed by atoms with Gasteiger partial charge in [-0.1, -0.05) is 0 Å². The lowest BCUT2D eigenvalue weighted by Gasteiger charge is -2.37. The van der Waals surface area contributed by atoms with E-state index in [-0.39, 0.29) is 37.4 Å². The van der Waals surface area contributed by atoms with Crippen LogP contribution >= 0.6 is 0 Å². The lowest BCUT2D eigenvalue weighted by atomic mass is 9.90. The first-order valence-electron chi connectivity index (χ1n) is 16.9. The highest BCUT2D eigenvalue weighted by atomic mass is 16.7.